The van der Waals surface area contributed by atoms with Gasteiger partial charge in [-0.15, -0.1) is 45.3 Å². The van der Waals surface area contributed by atoms with Crippen LogP contribution < -0.4 is 0 Å². The van der Waals surface area contributed by atoms with Crippen molar-refractivity contribution in [1.82, 2.24) is 0 Å². The van der Waals surface area contributed by atoms with Gasteiger partial charge in [-0.25, -0.2) is 10.1 Å². The topological polar surface area (TPSA) is 110 Å². The highest BCUT2D eigenvalue weighted by molar-refractivity contribution is 7.31. The summed E-state index contributed by atoms with van der Waals surface area (Å²) >= 11 is 7.03. The highest BCUT2D eigenvalue weighted by Crippen LogP contribution is 2.68. The van der Waals surface area contributed by atoms with Crippen molar-refractivity contribution in [3.05, 3.63) is 302 Å². The number of carbonyl (C=O) groups is 2. The number of unbranched alkanes of at least 4 members (excludes halogenated alkanes) is 12. The number of carbonyl (C=O) groups excluding carboxylic acids is 2. The van der Waals surface area contributed by atoms with Crippen LogP contribution in [0.15, 0.2) is 192 Å². The number of aryl methyl sites for hydroxylation is 4. The first-order chi connectivity index (χ1) is 51.1. The molecule has 15 rings (SSSR count). The Morgan fingerprint density at radius 3 is 1.07 bits per heavy atom. The zero-order valence-electron chi connectivity index (χ0n) is 59.7. The maximum absolute atomic E-state index is 14.7. The van der Waals surface area contributed by atoms with Crippen molar-refractivity contribution in [3.63, 3.8) is 0 Å². The van der Waals surface area contributed by atoms with Crippen LogP contribution in [0.25, 0.3) is 67.8 Å². The number of hydrogen-bond acceptors (Lipinski definition) is 9. The maximum Gasteiger partial charge on any atom is 0.270 e. The third kappa shape index (κ3) is 12.0. The SMILES string of the molecule is [C-]#[N+]C(C#N)=C1/C(=C\c2cc3sc4c(c3s2)C(c2ccc(CCCCCC)cc2)(c2ccc(CCCCCC)cc2)c2cc3c(cc2-4)C(c2ccc(CCCCCC)cc2)(c2ccc(CCCCCC)cc2)c2c-3sc3cc(/C=C4/C(=O)c5ccccc5C4=C(C#N)C#N)sc23)C(=O)c2ccccc21. The molecule has 104 heavy (non-hydrogen) atoms. The molecule has 0 amide bonds. The van der Waals surface area contributed by atoms with E-state index in [2.05, 4.69) is 172 Å². The predicted molar refractivity (Wildman–Crippen MR) is 434 cm³/mol. The molecule has 0 spiro atoms. The molecule has 6 nitrogen and oxygen atoms in total. The van der Waals surface area contributed by atoms with E-state index in [9.17, 15) is 25.4 Å². The number of allylic oxidation sites excluding steroid dienone is 6. The Labute approximate surface area is 628 Å². The lowest BCUT2D eigenvalue weighted by Crippen LogP contribution is -2.30. The van der Waals surface area contributed by atoms with Crippen molar-refractivity contribution in [2.45, 2.75) is 167 Å². The normalized spacial score (nSPS) is 15.4. The largest absolute Gasteiger partial charge is 0.289 e. The summed E-state index contributed by atoms with van der Waals surface area (Å²) in [5.41, 5.74) is 19.2. The fraction of sp³-hybridized carbons (Fsp3) is 0.277. The van der Waals surface area contributed by atoms with Gasteiger partial charge in [-0.3, -0.25) is 9.59 Å². The molecule has 0 aliphatic heterocycles. The lowest BCUT2D eigenvalue weighted by molar-refractivity contribution is 0.103. The fourth-order valence-electron chi connectivity index (χ4n) is 17.1. The van der Waals surface area contributed by atoms with Crippen LogP contribution >= 0.6 is 45.3 Å². The van der Waals surface area contributed by atoms with E-state index in [4.69, 9.17) is 6.57 Å². The summed E-state index contributed by atoms with van der Waals surface area (Å²) in [5.74, 6) is -0.380. The molecule has 11 aromatic rings. The van der Waals surface area contributed by atoms with E-state index in [1.165, 1.54) is 165 Å². The molecular weight excluding hydrogens is 1350 g/mol. The number of thiophene rings is 4. The molecule has 0 bridgehead atoms. The van der Waals surface area contributed by atoms with Crippen molar-refractivity contribution in [1.29, 1.82) is 15.8 Å². The summed E-state index contributed by atoms with van der Waals surface area (Å²) in [6, 6.07) is 69.2. The molecule has 514 valence electrons. The quantitative estimate of drug-likeness (QED) is 0.0232. The Balaban J connectivity index is 1.01. The molecule has 10 heteroatoms. The first kappa shape index (κ1) is 69.8. The van der Waals surface area contributed by atoms with Crippen LogP contribution in [0.2, 0.25) is 0 Å². The van der Waals surface area contributed by atoms with E-state index in [-0.39, 0.29) is 22.8 Å². The van der Waals surface area contributed by atoms with Crippen LogP contribution in [-0.2, 0) is 36.5 Å². The summed E-state index contributed by atoms with van der Waals surface area (Å²) in [7, 11) is 0. The van der Waals surface area contributed by atoms with E-state index in [1.807, 2.05) is 71.2 Å². The second-order valence-corrected chi connectivity index (χ2v) is 32.8. The Hall–Kier alpha value is -9.88. The van der Waals surface area contributed by atoms with Gasteiger partial charge in [0.2, 0.25) is 0 Å². The summed E-state index contributed by atoms with van der Waals surface area (Å²) in [5, 5.41) is 31.3. The van der Waals surface area contributed by atoms with Crippen LogP contribution in [0.5, 0.6) is 0 Å². The molecule has 0 N–H and O–H groups in total. The number of nitriles is 3. The van der Waals surface area contributed by atoms with Gasteiger partial charge in [-0.2, -0.15) is 10.5 Å². The number of hydrogen-bond donors (Lipinski definition) is 0. The maximum atomic E-state index is 14.7. The van der Waals surface area contributed by atoms with Gasteiger partial charge in [0.1, 0.15) is 17.7 Å². The minimum absolute atomic E-state index is 0.0794. The zero-order valence-corrected chi connectivity index (χ0v) is 63.0. The lowest BCUT2D eigenvalue weighted by Gasteiger charge is -2.36. The number of Topliss-reactive ketones (excluding diaryl/α,β-unsaturated/α-hetero) is 2. The second kappa shape index (κ2) is 30.1. The van der Waals surface area contributed by atoms with Crippen molar-refractivity contribution < 1.29 is 9.59 Å². The molecule has 4 aliphatic carbocycles. The van der Waals surface area contributed by atoms with Crippen LogP contribution in [0.1, 0.15) is 239 Å². The number of ketones is 2. The third-order valence-corrected chi connectivity index (χ3v) is 27.0. The fourth-order valence-corrected chi connectivity index (χ4v) is 22.6. The molecular formula is C94H82N4O2S4. The highest BCUT2D eigenvalue weighted by Gasteiger charge is 2.55. The monoisotopic (exact) mass is 1430 g/mol. The molecule has 0 saturated heterocycles. The van der Waals surface area contributed by atoms with Crippen molar-refractivity contribution in [2.24, 2.45) is 0 Å². The molecule has 4 aliphatic rings. The Morgan fingerprint density at radius 2 is 0.740 bits per heavy atom. The second-order valence-electron chi connectivity index (χ2n) is 28.6. The van der Waals surface area contributed by atoms with Gasteiger partial charge in [0, 0.05) is 73.5 Å². The van der Waals surface area contributed by atoms with Gasteiger partial charge in [-0.1, -0.05) is 250 Å². The van der Waals surface area contributed by atoms with Gasteiger partial charge >= 0.3 is 0 Å². The van der Waals surface area contributed by atoms with E-state index in [1.54, 1.807) is 34.8 Å². The van der Waals surface area contributed by atoms with Gasteiger partial charge < -0.3 is 0 Å². The van der Waals surface area contributed by atoms with Crippen LogP contribution in [0, 0.1) is 40.6 Å². The highest BCUT2D eigenvalue weighted by atomic mass is 32.1. The van der Waals surface area contributed by atoms with E-state index >= 15 is 0 Å². The van der Waals surface area contributed by atoms with E-state index in [0.717, 1.165) is 79.9 Å². The minimum Gasteiger partial charge on any atom is -0.289 e. The number of rotatable bonds is 26. The first-order valence-electron chi connectivity index (χ1n) is 37.6. The standard InChI is InChI=1S/C94H82N4O2S4/c1-6-10-14-18-26-59-34-42-64(43-35-59)93(65-44-36-60(37-45-65)27-19-15-11-7-2)78-55-75-79(54-74(78)89-85(93)91-81(103-89)52-68(101-91)50-76-83(63(56-95)57-96)70-30-22-24-32-72(70)87(76)99)94(66-46-38-61(39-47-66)28-20-16-12-8-3,67-48-40-62(41-49-67)29-21-17-13-9-4)86-90(75)104-82-53-69(102-92(82)86)51-77-84(80(58-97)98-5)71-31-23-25-33-73(71)88(77)100/h22-25,30-55H,6-21,26-29H2,1-4H3/b76-50+,77-51+,84-80?. The zero-order chi connectivity index (χ0) is 71.6. The van der Waals surface area contributed by atoms with Crippen LogP contribution in [0.4, 0.5) is 0 Å². The molecule has 0 unspecified atom stereocenters. The predicted octanol–water partition coefficient (Wildman–Crippen LogP) is 26.0. The molecule has 0 radical (unpaired) electrons. The smallest absolute Gasteiger partial charge is 0.270 e. The summed E-state index contributed by atoms with van der Waals surface area (Å²) in [6.07, 6.45) is 26.7. The van der Waals surface area contributed by atoms with E-state index < -0.39 is 10.8 Å². The van der Waals surface area contributed by atoms with Gasteiger partial charge in [0.15, 0.2) is 11.6 Å². The Kier molecular flexibility index (Phi) is 20.2. The molecule has 4 aromatic heterocycles. The van der Waals surface area contributed by atoms with Crippen LogP contribution in [-0.4, -0.2) is 11.6 Å². The summed E-state index contributed by atoms with van der Waals surface area (Å²) in [6.45, 7) is 17.2. The van der Waals surface area contributed by atoms with E-state index in [0.29, 0.717) is 44.5 Å². The molecule has 0 saturated carbocycles. The van der Waals surface area contributed by atoms with Gasteiger partial charge in [-0.05, 0) is 166 Å². The molecule has 4 heterocycles. The molecule has 7 aromatic carbocycles. The van der Waals surface area contributed by atoms with Gasteiger partial charge in [0.05, 0.1) is 32.9 Å². The molecule has 0 atom stereocenters. The van der Waals surface area contributed by atoms with Crippen molar-refractivity contribution in [3.8, 4) is 39.1 Å². The Bertz CT molecular complexity index is 5030. The average molecular weight is 1430 g/mol. The number of nitrogens with zero attached hydrogens (tertiary/aromatic N) is 4. The average Bonchev–Trinajstić information content (AvgIpc) is 1.49. The lowest BCUT2D eigenvalue weighted by atomic mass is 9.65. The summed E-state index contributed by atoms with van der Waals surface area (Å²) < 4.78 is 4.50. The number of benzene rings is 7. The molecule has 0 fully saturated rings. The number of fused-ring (bicyclic) bond motifs is 12. The summed E-state index contributed by atoms with van der Waals surface area (Å²) in [4.78, 5) is 37.2. The van der Waals surface area contributed by atoms with Gasteiger partial charge in [0.25, 0.3) is 5.70 Å². The third-order valence-electron chi connectivity index (χ3n) is 22.2. The van der Waals surface area contributed by atoms with Crippen LogP contribution in [0.3, 0.4) is 0 Å². The van der Waals surface area contributed by atoms with Crippen molar-refractivity contribution >= 4 is 99.0 Å². The first-order valence-corrected chi connectivity index (χ1v) is 40.8. The minimum atomic E-state index is -0.837. The van der Waals surface area contributed by atoms with Crippen molar-refractivity contribution in [2.75, 3.05) is 0 Å². The Morgan fingerprint density at radius 1 is 0.404 bits per heavy atom.